The van der Waals surface area contributed by atoms with Gasteiger partial charge in [-0.1, -0.05) is 6.07 Å². The highest BCUT2D eigenvalue weighted by molar-refractivity contribution is 5.73. The molecule has 5 rings (SSSR count). The Morgan fingerprint density at radius 2 is 2.06 bits per heavy atom. The van der Waals surface area contributed by atoms with Crippen molar-refractivity contribution in [1.29, 1.82) is 0 Å². The van der Waals surface area contributed by atoms with Gasteiger partial charge in [-0.05, 0) is 24.1 Å². The molecule has 2 N–H and O–H groups in total. The minimum Gasteiger partial charge on any atom is -0.507 e. The minimum absolute atomic E-state index is 0.117. The van der Waals surface area contributed by atoms with Gasteiger partial charge >= 0.3 is 0 Å². The van der Waals surface area contributed by atoms with Crippen LogP contribution in [0, 0.1) is 0 Å². The molecule has 4 atom stereocenters. The Balaban J connectivity index is 1.35. The zero-order valence-electron chi connectivity index (χ0n) is 17.4. The van der Waals surface area contributed by atoms with Gasteiger partial charge in [0.05, 0.1) is 49.6 Å². The summed E-state index contributed by atoms with van der Waals surface area (Å²) in [7, 11) is 3.70. The molecule has 0 aliphatic carbocycles. The quantitative estimate of drug-likeness (QED) is 0.664. The van der Waals surface area contributed by atoms with Gasteiger partial charge < -0.3 is 20.1 Å². The SMILES string of the molecule is CN(c1cnc(-c2ccc(-c3cnn(C)c3)cc2O)cn1)[C@@H]1CC2COCC(N2)[C@@H]1F. The molecule has 9 heteroatoms. The molecule has 0 amide bonds. The van der Waals surface area contributed by atoms with Gasteiger partial charge in [0.15, 0.2) is 0 Å². The van der Waals surface area contributed by atoms with E-state index in [-0.39, 0.29) is 23.9 Å². The van der Waals surface area contributed by atoms with Crippen LogP contribution >= 0.6 is 0 Å². The molecule has 31 heavy (non-hydrogen) atoms. The number of piperidine rings is 1. The maximum Gasteiger partial charge on any atom is 0.147 e. The number of alkyl halides is 1. The van der Waals surface area contributed by atoms with Gasteiger partial charge in [0.25, 0.3) is 0 Å². The number of fused-ring (bicyclic) bond motifs is 2. The Bertz CT molecular complexity index is 1070. The summed E-state index contributed by atoms with van der Waals surface area (Å²) in [5.41, 5.74) is 2.93. The van der Waals surface area contributed by atoms with Gasteiger partial charge in [0.2, 0.25) is 0 Å². The maximum atomic E-state index is 15.0. The summed E-state index contributed by atoms with van der Waals surface area (Å²) < 4.78 is 22.2. The average molecular weight is 424 g/mol. The van der Waals surface area contributed by atoms with E-state index < -0.39 is 6.17 Å². The lowest BCUT2D eigenvalue weighted by molar-refractivity contribution is -0.0175. The molecule has 162 valence electrons. The zero-order valence-corrected chi connectivity index (χ0v) is 17.4. The number of phenolic OH excluding ortho intramolecular Hbond substituents is 1. The Morgan fingerprint density at radius 3 is 2.77 bits per heavy atom. The van der Waals surface area contributed by atoms with E-state index >= 15 is 0 Å². The van der Waals surface area contributed by atoms with Crippen LogP contribution in [-0.2, 0) is 11.8 Å². The van der Waals surface area contributed by atoms with Crippen molar-refractivity contribution in [2.45, 2.75) is 30.7 Å². The van der Waals surface area contributed by atoms with E-state index in [2.05, 4.69) is 20.4 Å². The third kappa shape index (κ3) is 3.75. The van der Waals surface area contributed by atoms with E-state index in [1.807, 2.05) is 37.3 Å². The number of nitrogens with zero attached hydrogens (tertiary/aromatic N) is 5. The predicted octanol–water partition coefficient (Wildman–Crippen LogP) is 2.15. The van der Waals surface area contributed by atoms with E-state index in [1.165, 1.54) is 0 Å². The highest BCUT2D eigenvalue weighted by Crippen LogP contribution is 2.33. The van der Waals surface area contributed by atoms with Gasteiger partial charge in [-0.3, -0.25) is 9.67 Å². The molecule has 2 aliphatic heterocycles. The van der Waals surface area contributed by atoms with Crippen molar-refractivity contribution in [3.8, 4) is 28.1 Å². The molecular weight excluding hydrogens is 399 g/mol. The van der Waals surface area contributed by atoms with Gasteiger partial charge in [-0.25, -0.2) is 9.37 Å². The summed E-state index contributed by atoms with van der Waals surface area (Å²) in [6.07, 6.45) is 6.48. The second kappa shape index (κ2) is 7.90. The Labute approximate surface area is 179 Å². The molecule has 1 aromatic carbocycles. The highest BCUT2D eigenvalue weighted by atomic mass is 19.1. The third-order valence-electron chi connectivity index (χ3n) is 6.15. The molecule has 2 unspecified atom stereocenters. The van der Waals surface area contributed by atoms with Crippen LogP contribution in [0.3, 0.4) is 0 Å². The summed E-state index contributed by atoms with van der Waals surface area (Å²) in [5, 5.41) is 18.0. The fraction of sp³-hybridized carbons (Fsp3) is 0.409. The number of anilines is 1. The minimum atomic E-state index is -1.05. The number of morpholine rings is 1. The monoisotopic (exact) mass is 424 g/mol. The van der Waals surface area contributed by atoms with Gasteiger partial charge in [0, 0.05) is 37.5 Å². The number of hydrogen-bond donors (Lipinski definition) is 2. The molecule has 0 radical (unpaired) electrons. The van der Waals surface area contributed by atoms with Crippen molar-refractivity contribution < 1.29 is 14.2 Å². The largest absolute Gasteiger partial charge is 0.507 e. The summed E-state index contributed by atoms with van der Waals surface area (Å²) in [5.74, 6) is 0.718. The number of rotatable bonds is 4. The van der Waals surface area contributed by atoms with Crippen molar-refractivity contribution in [2.24, 2.45) is 7.05 Å². The number of benzene rings is 1. The average Bonchev–Trinajstić information content (AvgIpc) is 3.22. The number of phenols is 1. The number of aromatic hydroxyl groups is 1. The first-order valence-corrected chi connectivity index (χ1v) is 10.3. The van der Waals surface area contributed by atoms with Crippen LogP contribution in [-0.4, -0.2) is 69.4 Å². The van der Waals surface area contributed by atoms with Crippen LogP contribution < -0.4 is 10.2 Å². The lowest BCUT2D eigenvalue weighted by Crippen LogP contribution is -2.65. The Morgan fingerprint density at radius 1 is 1.19 bits per heavy atom. The first kappa shape index (κ1) is 19.9. The third-order valence-corrected chi connectivity index (χ3v) is 6.15. The molecule has 2 aliphatic rings. The fourth-order valence-electron chi connectivity index (χ4n) is 4.43. The molecule has 2 fully saturated rings. The summed E-state index contributed by atoms with van der Waals surface area (Å²) >= 11 is 0. The smallest absolute Gasteiger partial charge is 0.147 e. The van der Waals surface area contributed by atoms with Crippen LogP contribution in [0.5, 0.6) is 5.75 Å². The van der Waals surface area contributed by atoms with E-state index in [0.29, 0.717) is 36.7 Å². The van der Waals surface area contributed by atoms with Crippen molar-refractivity contribution in [1.82, 2.24) is 25.1 Å². The molecule has 2 bridgehead atoms. The second-order valence-electron chi connectivity index (χ2n) is 8.26. The predicted molar refractivity (Wildman–Crippen MR) is 115 cm³/mol. The lowest BCUT2D eigenvalue weighted by Gasteiger charge is -2.45. The highest BCUT2D eigenvalue weighted by Gasteiger charge is 2.42. The molecule has 8 nitrogen and oxygen atoms in total. The standard InChI is InChI=1S/C22H25FN6O2/c1-28-10-14(7-26-28)13-3-4-16(20(30)5-13)17-8-25-21(9-24-17)29(2)19-6-15-11-31-12-18(27-15)22(19)23/h3-5,7-10,15,18-19,22,27,30H,6,11-12H2,1-2H3/t15?,18?,19-,22+/m1/s1. The first-order valence-electron chi connectivity index (χ1n) is 10.3. The number of ether oxygens (including phenoxy) is 1. The van der Waals surface area contributed by atoms with Gasteiger partial charge in [-0.2, -0.15) is 5.10 Å². The van der Waals surface area contributed by atoms with Crippen molar-refractivity contribution in [2.75, 3.05) is 25.2 Å². The Kier molecular flexibility index (Phi) is 5.07. The number of hydrogen-bond acceptors (Lipinski definition) is 7. The Hall–Kier alpha value is -3.04. The summed E-state index contributed by atoms with van der Waals surface area (Å²) in [6.45, 7) is 0.993. The molecular formula is C22H25FN6O2. The fourth-order valence-corrected chi connectivity index (χ4v) is 4.43. The summed E-state index contributed by atoms with van der Waals surface area (Å²) in [4.78, 5) is 10.9. The van der Waals surface area contributed by atoms with Gasteiger partial charge in [0.1, 0.15) is 17.7 Å². The number of aryl methyl sites for hydroxylation is 1. The van der Waals surface area contributed by atoms with Crippen LogP contribution in [0.25, 0.3) is 22.4 Å². The van der Waals surface area contributed by atoms with Crippen LogP contribution in [0.1, 0.15) is 6.42 Å². The van der Waals surface area contributed by atoms with E-state index in [1.54, 1.807) is 29.3 Å². The lowest BCUT2D eigenvalue weighted by atomic mass is 9.90. The summed E-state index contributed by atoms with van der Waals surface area (Å²) in [6, 6.07) is 5.00. The van der Waals surface area contributed by atoms with Crippen LogP contribution in [0.4, 0.5) is 10.2 Å². The van der Waals surface area contributed by atoms with Gasteiger partial charge in [-0.15, -0.1) is 0 Å². The van der Waals surface area contributed by atoms with E-state index in [4.69, 9.17) is 4.74 Å². The number of halogens is 1. The second-order valence-corrected chi connectivity index (χ2v) is 8.26. The topological polar surface area (TPSA) is 88.3 Å². The zero-order chi connectivity index (χ0) is 21.5. The van der Waals surface area contributed by atoms with E-state index in [0.717, 1.165) is 11.1 Å². The van der Waals surface area contributed by atoms with Crippen LogP contribution in [0.15, 0.2) is 43.0 Å². The van der Waals surface area contributed by atoms with Crippen LogP contribution in [0.2, 0.25) is 0 Å². The molecule has 2 aromatic heterocycles. The normalized spacial score (nSPS) is 25.4. The van der Waals surface area contributed by atoms with Crippen molar-refractivity contribution >= 4 is 5.82 Å². The number of nitrogens with one attached hydrogen (secondary N) is 1. The first-order chi connectivity index (χ1) is 15.0. The van der Waals surface area contributed by atoms with Crippen molar-refractivity contribution in [3.05, 3.63) is 43.0 Å². The molecule has 3 aromatic rings. The molecule has 0 spiro atoms. The van der Waals surface area contributed by atoms with E-state index in [9.17, 15) is 9.50 Å². The van der Waals surface area contributed by atoms with Crippen molar-refractivity contribution in [3.63, 3.8) is 0 Å². The molecule has 2 saturated heterocycles. The molecule has 0 saturated carbocycles. The molecule has 4 heterocycles. The number of aromatic nitrogens is 4. The maximum absolute atomic E-state index is 15.0.